The molecule has 0 aliphatic carbocycles. The Bertz CT molecular complexity index is 273. The van der Waals surface area contributed by atoms with E-state index in [1.165, 1.54) is 5.56 Å². The van der Waals surface area contributed by atoms with Gasteiger partial charge in [-0.2, -0.15) is 0 Å². The summed E-state index contributed by atoms with van der Waals surface area (Å²) in [6.07, 6.45) is 0. The molecule has 0 amide bonds. The summed E-state index contributed by atoms with van der Waals surface area (Å²) in [5, 5.41) is 3.04. The van der Waals surface area contributed by atoms with Crippen LogP contribution in [0.4, 0.5) is 0 Å². The Kier molecular flexibility index (Phi) is 6.46. The van der Waals surface area contributed by atoms with Crippen molar-refractivity contribution in [3.8, 4) is 0 Å². The summed E-state index contributed by atoms with van der Waals surface area (Å²) in [6.45, 7) is 6.08. The number of nitrogens with one attached hydrogen (secondary N) is 1. The summed E-state index contributed by atoms with van der Waals surface area (Å²) < 4.78 is 0. The maximum absolute atomic E-state index is 4.11. The molecule has 2 nitrogen and oxygen atoms in total. The highest BCUT2D eigenvalue weighted by Gasteiger charge is 1.97. The minimum atomic E-state index is 0.926. The van der Waals surface area contributed by atoms with Crippen molar-refractivity contribution in [3.63, 3.8) is 0 Å². The largest absolute Gasteiger partial charge is 0.373 e. The zero-order valence-electron chi connectivity index (χ0n) is 9.76. The van der Waals surface area contributed by atoms with Gasteiger partial charge in [0.25, 0.3) is 0 Å². The standard InChI is InChI=1S/C10H14N2.C2H6/c1-8-4-6-9(7-5-8)10(11-2)12-3;1-2/h4-7H,1-3H3,(H,11,12);1-2H3. The van der Waals surface area contributed by atoms with E-state index in [4.69, 9.17) is 0 Å². The number of nitrogens with zero attached hydrogens (tertiary/aromatic N) is 1. The molecule has 0 saturated carbocycles. The second-order valence-corrected chi connectivity index (χ2v) is 2.69. The lowest BCUT2D eigenvalue weighted by atomic mass is 10.1. The SMILES string of the molecule is CC.CN=C(NC)c1ccc(C)cc1. The van der Waals surface area contributed by atoms with Crippen LogP contribution in [-0.4, -0.2) is 19.9 Å². The molecule has 1 aromatic rings. The second-order valence-electron chi connectivity index (χ2n) is 2.69. The first-order valence-electron chi connectivity index (χ1n) is 4.99. The van der Waals surface area contributed by atoms with Gasteiger partial charge >= 0.3 is 0 Å². The first-order valence-corrected chi connectivity index (χ1v) is 4.99. The summed E-state index contributed by atoms with van der Waals surface area (Å²) >= 11 is 0. The molecule has 2 heteroatoms. The van der Waals surface area contributed by atoms with E-state index in [0.717, 1.165) is 11.4 Å². The molecule has 0 aliphatic rings. The first-order chi connectivity index (χ1) is 6.77. The van der Waals surface area contributed by atoms with Crippen molar-refractivity contribution in [2.24, 2.45) is 4.99 Å². The van der Waals surface area contributed by atoms with E-state index in [1.807, 2.05) is 20.9 Å². The van der Waals surface area contributed by atoms with Gasteiger partial charge in [-0.1, -0.05) is 43.7 Å². The minimum Gasteiger partial charge on any atom is -0.373 e. The van der Waals surface area contributed by atoms with E-state index < -0.39 is 0 Å². The Labute approximate surface area is 87.1 Å². The van der Waals surface area contributed by atoms with Crippen molar-refractivity contribution in [1.29, 1.82) is 0 Å². The molecule has 0 spiro atoms. The minimum absolute atomic E-state index is 0.926. The Morgan fingerprint density at radius 3 is 2.00 bits per heavy atom. The van der Waals surface area contributed by atoms with Crippen LogP contribution in [0.5, 0.6) is 0 Å². The van der Waals surface area contributed by atoms with Crippen LogP contribution >= 0.6 is 0 Å². The van der Waals surface area contributed by atoms with Gasteiger partial charge < -0.3 is 5.32 Å². The van der Waals surface area contributed by atoms with Crippen molar-refractivity contribution < 1.29 is 0 Å². The van der Waals surface area contributed by atoms with Crippen molar-refractivity contribution in [3.05, 3.63) is 35.4 Å². The third kappa shape index (κ3) is 3.60. The molecule has 0 aliphatic heterocycles. The maximum Gasteiger partial charge on any atom is 0.127 e. The Morgan fingerprint density at radius 2 is 1.64 bits per heavy atom. The van der Waals surface area contributed by atoms with E-state index >= 15 is 0 Å². The smallest absolute Gasteiger partial charge is 0.127 e. The molecular formula is C12H20N2. The number of aliphatic imine (C=N–C) groups is 1. The molecule has 78 valence electrons. The normalized spacial score (nSPS) is 10.2. The summed E-state index contributed by atoms with van der Waals surface area (Å²) in [7, 11) is 3.66. The van der Waals surface area contributed by atoms with Gasteiger partial charge in [0.15, 0.2) is 0 Å². The lowest BCUT2D eigenvalue weighted by Crippen LogP contribution is -2.19. The van der Waals surface area contributed by atoms with Crippen molar-refractivity contribution >= 4 is 5.84 Å². The third-order valence-corrected chi connectivity index (χ3v) is 1.79. The van der Waals surface area contributed by atoms with Gasteiger partial charge in [-0.05, 0) is 6.92 Å². The second kappa shape index (κ2) is 7.13. The van der Waals surface area contributed by atoms with Gasteiger partial charge in [0, 0.05) is 19.7 Å². The van der Waals surface area contributed by atoms with Crippen LogP contribution in [0, 0.1) is 6.92 Å². The highest BCUT2D eigenvalue weighted by molar-refractivity contribution is 5.98. The lowest BCUT2D eigenvalue weighted by molar-refractivity contribution is 1.15. The van der Waals surface area contributed by atoms with Gasteiger partial charge in [-0.25, -0.2) is 0 Å². The van der Waals surface area contributed by atoms with Crippen LogP contribution in [0.1, 0.15) is 25.0 Å². The summed E-state index contributed by atoms with van der Waals surface area (Å²) in [6, 6.07) is 8.29. The van der Waals surface area contributed by atoms with E-state index in [-0.39, 0.29) is 0 Å². The monoisotopic (exact) mass is 192 g/mol. The maximum atomic E-state index is 4.11. The van der Waals surface area contributed by atoms with Crippen molar-refractivity contribution in [2.45, 2.75) is 20.8 Å². The third-order valence-electron chi connectivity index (χ3n) is 1.79. The fourth-order valence-electron chi connectivity index (χ4n) is 1.10. The molecule has 0 aromatic heterocycles. The lowest BCUT2D eigenvalue weighted by Gasteiger charge is -2.04. The predicted octanol–water partition coefficient (Wildman–Crippen LogP) is 2.62. The van der Waals surface area contributed by atoms with Gasteiger partial charge in [0.1, 0.15) is 5.84 Å². The van der Waals surface area contributed by atoms with Crippen LogP contribution < -0.4 is 5.32 Å². The number of amidine groups is 1. The van der Waals surface area contributed by atoms with E-state index in [0.29, 0.717) is 0 Å². The molecular weight excluding hydrogens is 172 g/mol. The zero-order valence-corrected chi connectivity index (χ0v) is 9.76. The number of rotatable bonds is 1. The van der Waals surface area contributed by atoms with Crippen molar-refractivity contribution in [2.75, 3.05) is 14.1 Å². The topological polar surface area (TPSA) is 24.4 Å². The van der Waals surface area contributed by atoms with Gasteiger partial charge in [-0.15, -0.1) is 0 Å². The Balaban J connectivity index is 0.000000791. The molecule has 0 heterocycles. The van der Waals surface area contributed by atoms with E-state index in [1.54, 1.807) is 7.05 Å². The molecule has 0 saturated heterocycles. The molecule has 1 rings (SSSR count). The average molecular weight is 192 g/mol. The fraction of sp³-hybridized carbons (Fsp3) is 0.417. The number of hydrogen-bond donors (Lipinski definition) is 1. The van der Waals surface area contributed by atoms with Crippen LogP contribution in [0.25, 0.3) is 0 Å². The van der Waals surface area contributed by atoms with E-state index in [9.17, 15) is 0 Å². The number of benzene rings is 1. The van der Waals surface area contributed by atoms with Crippen LogP contribution in [0.2, 0.25) is 0 Å². The summed E-state index contributed by atoms with van der Waals surface area (Å²) in [4.78, 5) is 4.11. The fourth-order valence-corrected chi connectivity index (χ4v) is 1.10. The quantitative estimate of drug-likeness (QED) is 0.537. The van der Waals surface area contributed by atoms with Gasteiger partial charge in [0.2, 0.25) is 0 Å². The van der Waals surface area contributed by atoms with Gasteiger partial charge in [-0.3, -0.25) is 4.99 Å². The first kappa shape index (κ1) is 12.7. The molecule has 0 bridgehead atoms. The van der Waals surface area contributed by atoms with Gasteiger partial charge in [0.05, 0.1) is 0 Å². The highest BCUT2D eigenvalue weighted by atomic mass is 14.9. The summed E-state index contributed by atoms with van der Waals surface area (Å²) in [5.41, 5.74) is 2.40. The zero-order chi connectivity index (χ0) is 11.0. The Morgan fingerprint density at radius 1 is 1.14 bits per heavy atom. The molecule has 0 fully saturated rings. The number of aryl methyl sites for hydroxylation is 1. The van der Waals surface area contributed by atoms with Crippen LogP contribution in [0.15, 0.2) is 29.3 Å². The average Bonchev–Trinajstić information content (AvgIpc) is 2.25. The van der Waals surface area contributed by atoms with E-state index in [2.05, 4.69) is 41.5 Å². The molecule has 0 radical (unpaired) electrons. The molecule has 1 aromatic carbocycles. The van der Waals surface area contributed by atoms with Crippen molar-refractivity contribution in [1.82, 2.24) is 5.32 Å². The molecule has 1 N–H and O–H groups in total. The number of hydrogen-bond acceptors (Lipinski definition) is 1. The summed E-state index contributed by atoms with van der Waals surface area (Å²) in [5.74, 6) is 0.926. The van der Waals surface area contributed by atoms with Crippen LogP contribution in [0.3, 0.4) is 0 Å². The molecule has 14 heavy (non-hydrogen) atoms. The Hall–Kier alpha value is -1.31. The molecule has 0 atom stereocenters. The van der Waals surface area contributed by atoms with Crippen LogP contribution in [-0.2, 0) is 0 Å². The predicted molar refractivity (Wildman–Crippen MR) is 64.0 cm³/mol. The molecule has 0 unspecified atom stereocenters. The highest BCUT2D eigenvalue weighted by Crippen LogP contribution is 2.02.